The summed E-state index contributed by atoms with van der Waals surface area (Å²) in [5.41, 5.74) is 1.43. The Balaban J connectivity index is 2.10. The molecular weight excluding hydrogens is 288 g/mol. The Kier molecular flexibility index (Phi) is 6.40. The van der Waals surface area contributed by atoms with Gasteiger partial charge in [0.2, 0.25) is 0 Å². The van der Waals surface area contributed by atoms with Gasteiger partial charge in [0.05, 0.1) is 6.20 Å². The van der Waals surface area contributed by atoms with Crippen molar-refractivity contribution in [1.82, 2.24) is 9.78 Å². The number of hydrogen-bond acceptors (Lipinski definition) is 4. The van der Waals surface area contributed by atoms with Gasteiger partial charge in [-0.1, -0.05) is 33.1 Å². The topological polar surface area (TPSA) is 70.7 Å². The van der Waals surface area contributed by atoms with Crippen LogP contribution in [0, 0.1) is 17.2 Å². The third-order valence-corrected chi connectivity index (χ3v) is 4.33. The van der Waals surface area contributed by atoms with E-state index in [1.807, 2.05) is 4.68 Å². The van der Waals surface area contributed by atoms with Gasteiger partial charge in [-0.3, -0.25) is 4.79 Å². The summed E-state index contributed by atoms with van der Waals surface area (Å²) >= 11 is 0. The molecule has 1 N–H and O–H groups in total. The van der Waals surface area contributed by atoms with Crippen LogP contribution < -0.4 is 5.32 Å². The summed E-state index contributed by atoms with van der Waals surface area (Å²) < 4.78 is 1.84. The zero-order valence-electron chi connectivity index (χ0n) is 14.1. The second-order valence-corrected chi connectivity index (χ2v) is 6.17. The van der Waals surface area contributed by atoms with E-state index in [1.165, 1.54) is 0 Å². The van der Waals surface area contributed by atoms with Gasteiger partial charge in [-0.25, -0.2) is 4.68 Å². The van der Waals surface area contributed by atoms with Crippen molar-refractivity contribution < 1.29 is 4.79 Å². The number of carbonyl (C=O) groups excluding carboxylic acids is 1. The fourth-order valence-electron chi connectivity index (χ4n) is 3.00. The van der Waals surface area contributed by atoms with Crippen molar-refractivity contribution in [3.8, 4) is 6.07 Å². The van der Waals surface area contributed by atoms with Crippen molar-refractivity contribution in [2.24, 2.45) is 5.92 Å². The normalized spacial score (nSPS) is 17.7. The molecule has 0 radical (unpaired) electrons. The van der Waals surface area contributed by atoms with Crippen molar-refractivity contribution in [3.05, 3.63) is 23.5 Å². The van der Waals surface area contributed by atoms with Crippen molar-refractivity contribution >= 4 is 11.6 Å². The molecule has 0 amide bonds. The molecule has 23 heavy (non-hydrogen) atoms. The maximum absolute atomic E-state index is 12.2. The van der Waals surface area contributed by atoms with Crippen LogP contribution in [0.25, 0.3) is 0 Å². The van der Waals surface area contributed by atoms with Crippen molar-refractivity contribution in [3.63, 3.8) is 0 Å². The van der Waals surface area contributed by atoms with Crippen LogP contribution in [0.4, 0.5) is 5.82 Å². The van der Waals surface area contributed by atoms with Gasteiger partial charge < -0.3 is 5.32 Å². The third-order valence-electron chi connectivity index (χ3n) is 4.33. The Hall–Kier alpha value is -2.09. The minimum atomic E-state index is 0.162. The molecule has 0 aromatic carbocycles. The molecule has 0 aliphatic heterocycles. The van der Waals surface area contributed by atoms with Crippen molar-refractivity contribution in [1.29, 1.82) is 5.26 Å². The molecule has 0 fully saturated rings. The molecule has 5 nitrogen and oxygen atoms in total. The van der Waals surface area contributed by atoms with Gasteiger partial charge in [-0.15, -0.1) is 0 Å². The third kappa shape index (κ3) is 4.44. The molecule has 0 saturated carbocycles. The maximum atomic E-state index is 12.2. The molecule has 5 heteroatoms. The van der Waals surface area contributed by atoms with Crippen LogP contribution in [-0.2, 0) is 11.3 Å². The average Bonchev–Trinajstić information content (AvgIpc) is 2.92. The van der Waals surface area contributed by atoms with Crippen molar-refractivity contribution in [2.45, 2.75) is 65.3 Å². The smallest absolute Gasteiger partial charge is 0.160 e. The Labute approximate surface area is 138 Å². The lowest BCUT2D eigenvalue weighted by Gasteiger charge is -2.21. The molecule has 124 valence electrons. The number of hydrogen-bond donors (Lipinski definition) is 1. The number of anilines is 1. The maximum Gasteiger partial charge on any atom is 0.160 e. The number of nitrogens with zero attached hydrogens (tertiary/aromatic N) is 3. The number of allylic oxidation sites excluding steroid dienone is 2. The fourth-order valence-corrected chi connectivity index (χ4v) is 3.00. The molecule has 0 saturated heterocycles. The largest absolute Gasteiger partial charge is 0.343 e. The molecule has 1 aromatic heterocycles. The van der Waals surface area contributed by atoms with Gasteiger partial charge in [-0.05, 0) is 25.7 Å². The minimum absolute atomic E-state index is 0.162. The number of aromatic nitrogens is 2. The van der Waals surface area contributed by atoms with E-state index < -0.39 is 0 Å². The van der Waals surface area contributed by atoms with Crippen LogP contribution in [0.2, 0.25) is 0 Å². The number of nitrogens with one attached hydrogen (secondary N) is 1. The van der Waals surface area contributed by atoms with E-state index in [-0.39, 0.29) is 11.7 Å². The zero-order chi connectivity index (χ0) is 16.7. The first-order chi connectivity index (χ1) is 11.2. The minimum Gasteiger partial charge on any atom is -0.343 e. The highest BCUT2D eigenvalue weighted by molar-refractivity contribution is 5.93. The lowest BCUT2D eigenvalue weighted by atomic mass is 9.88. The first kappa shape index (κ1) is 17.3. The number of aryl methyl sites for hydroxylation is 1. The van der Waals surface area contributed by atoms with Gasteiger partial charge in [0.25, 0.3) is 0 Å². The van der Waals surface area contributed by atoms with Crippen LogP contribution in [0.3, 0.4) is 0 Å². The number of unbranched alkanes of at least 4 members (excludes halogenated alkanes) is 2. The van der Waals surface area contributed by atoms with E-state index in [0.717, 1.165) is 63.0 Å². The number of carbonyl (C=O) groups is 1. The molecule has 2 rings (SSSR count). The number of ketones is 1. The van der Waals surface area contributed by atoms with Crippen LogP contribution in [0.15, 0.2) is 18.0 Å². The second kappa shape index (κ2) is 8.52. The summed E-state index contributed by atoms with van der Waals surface area (Å²) in [6, 6.07) is 2.18. The summed E-state index contributed by atoms with van der Waals surface area (Å²) in [4.78, 5) is 12.2. The predicted octanol–water partition coefficient (Wildman–Crippen LogP) is 4.02. The summed E-state index contributed by atoms with van der Waals surface area (Å²) in [6.07, 6.45) is 10.4. The molecule has 1 heterocycles. The molecule has 1 aromatic rings. The van der Waals surface area contributed by atoms with Gasteiger partial charge in [0.15, 0.2) is 5.78 Å². The molecule has 1 aliphatic carbocycles. The SMILES string of the molecule is CCCCCn1ncc(C#N)c1NC1=CC(=O)C(CCC)CC1. The molecule has 1 atom stereocenters. The van der Waals surface area contributed by atoms with Crippen LogP contribution in [-0.4, -0.2) is 15.6 Å². The van der Waals surface area contributed by atoms with E-state index in [1.54, 1.807) is 12.3 Å². The van der Waals surface area contributed by atoms with Crippen LogP contribution >= 0.6 is 0 Å². The highest BCUT2D eigenvalue weighted by Crippen LogP contribution is 2.27. The highest BCUT2D eigenvalue weighted by Gasteiger charge is 2.22. The summed E-state index contributed by atoms with van der Waals surface area (Å²) in [6.45, 7) is 5.06. The van der Waals surface area contributed by atoms with Gasteiger partial charge in [0.1, 0.15) is 17.5 Å². The van der Waals surface area contributed by atoms with E-state index in [9.17, 15) is 10.1 Å². The van der Waals surface area contributed by atoms with Crippen molar-refractivity contribution in [2.75, 3.05) is 5.32 Å². The van der Waals surface area contributed by atoms with Crippen LogP contribution in [0.1, 0.15) is 64.4 Å². The van der Waals surface area contributed by atoms with E-state index >= 15 is 0 Å². The van der Waals surface area contributed by atoms with Gasteiger partial charge in [0, 0.05) is 24.2 Å². The molecule has 0 spiro atoms. The zero-order valence-corrected chi connectivity index (χ0v) is 14.1. The quantitative estimate of drug-likeness (QED) is 0.736. The monoisotopic (exact) mass is 314 g/mol. The summed E-state index contributed by atoms with van der Waals surface area (Å²) in [7, 11) is 0. The summed E-state index contributed by atoms with van der Waals surface area (Å²) in [5, 5.41) is 16.9. The molecule has 1 unspecified atom stereocenters. The standard InChI is InChI=1S/C18H26N4O/c1-3-5-6-10-22-18(15(12-19)13-20-22)21-16-9-8-14(7-4-2)17(23)11-16/h11,13-14,21H,3-10H2,1-2H3. The molecular formula is C18H26N4O. The van der Waals surface area contributed by atoms with E-state index in [2.05, 4.69) is 30.3 Å². The van der Waals surface area contributed by atoms with Crippen LogP contribution in [0.5, 0.6) is 0 Å². The Morgan fingerprint density at radius 3 is 2.87 bits per heavy atom. The van der Waals surface area contributed by atoms with E-state index in [0.29, 0.717) is 5.56 Å². The second-order valence-electron chi connectivity index (χ2n) is 6.17. The first-order valence-electron chi connectivity index (χ1n) is 8.66. The Morgan fingerprint density at radius 1 is 1.39 bits per heavy atom. The lowest BCUT2D eigenvalue weighted by molar-refractivity contribution is -0.119. The average molecular weight is 314 g/mol. The molecule has 0 bridgehead atoms. The van der Waals surface area contributed by atoms with Gasteiger partial charge >= 0.3 is 0 Å². The highest BCUT2D eigenvalue weighted by atomic mass is 16.1. The molecule has 1 aliphatic rings. The Bertz CT molecular complexity index is 609. The van der Waals surface area contributed by atoms with Gasteiger partial charge in [-0.2, -0.15) is 10.4 Å². The fraction of sp³-hybridized carbons (Fsp3) is 0.611. The van der Waals surface area contributed by atoms with E-state index in [4.69, 9.17) is 0 Å². The first-order valence-corrected chi connectivity index (χ1v) is 8.66. The Morgan fingerprint density at radius 2 is 2.22 bits per heavy atom. The lowest BCUT2D eigenvalue weighted by Crippen LogP contribution is -2.20. The summed E-state index contributed by atoms with van der Waals surface area (Å²) in [5.74, 6) is 1.09. The predicted molar refractivity (Wildman–Crippen MR) is 90.8 cm³/mol. The number of rotatable bonds is 8. The number of nitriles is 1.